The summed E-state index contributed by atoms with van der Waals surface area (Å²) < 4.78 is 14.7. The molecule has 3 rings (SSSR count). The molecule has 8 heteroatoms. The Bertz CT molecular complexity index is 744. The second-order valence-electron chi connectivity index (χ2n) is 6.57. The maximum atomic E-state index is 12.2. The average Bonchev–Trinajstić information content (AvgIpc) is 3.17. The molecule has 0 atom stereocenters. The van der Waals surface area contributed by atoms with Crippen molar-refractivity contribution in [2.45, 2.75) is 19.3 Å². The molecule has 0 unspecified atom stereocenters. The van der Waals surface area contributed by atoms with Gasteiger partial charge >= 0.3 is 0 Å². The topological polar surface area (TPSA) is 76.6 Å². The molecule has 1 aliphatic heterocycles. The van der Waals surface area contributed by atoms with Crippen molar-refractivity contribution in [1.82, 2.24) is 14.7 Å². The van der Waals surface area contributed by atoms with Crippen molar-refractivity contribution >= 4 is 22.6 Å². The number of aromatic nitrogens is 2. The molecule has 1 fully saturated rings. The molecule has 0 saturated carbocycles. The largest absolute Gasteiger partial charge is 0.497 e. The van der Waals surface area contributed by atoms with E-state index in [0.717, 1.165) is 48.2 Å². The minimum Gasteiger partial charge on any atom is -0.497 e. The van der Waals surface area contributed by atoms with Gasteiger partial charge in [-0.25, -0.2) is 4.98 Å². The van der Waals surface area contributed by atoms with E-state index in [0.29, 0.717) is 19.6 Å². The number of anilines is 1. The van der Waals surface area contributed by atoms with Gasteiger partial charge in [0.2, 0.25) is 11.0 Å². The highest BCUT2D eigenvalue weighted by molar-refractivity contribution is 7.09. The van der Waals surface area contributed by atoms with Crippen LogP contribution < -0.4 is 15.0 Å². The van der Waals surface area contributed by atoms with Crippen molar-refractivity contribution in [3.8, 4) is 5.75 Å². The molecule has 1 amide bonds. The summed E-state index contributed by atoms with van der Waals surface area (Å²) in [6.45, 7) is 2.78. The Balaban J connectivity index is 1.51. The van der Waals surface area contributed by atoms with Crippen LogP contribution in [0.5, 0.6) is 5.75 Å². The van der Waals surface area contributed by atoms with E-state index in [1.165, 1.54) is 11.5 Å². The minimum atomic E-state index is 0.0716. The zero-order chi connectivity index (χ0) is 19.1. The number of methoxy groups -OCH3 is 2. The Morgan fingerprint density at radius 1 is 1.33 bits per heavy atom. The lowest BCUT2D eigenvalue weighted by Crippen LogP contribution is -2.41. The van der Waals surface area contributed by atoms with Gasteiger partial charge in [0.05, 0.1) is 13.7 Å². The fourth-order valence-electron chi connectivity index (χ4n) is 3.16. The second-order valence-corrected chi connectivity index (χ2v) is 7.30. The van der Waals surface area contributed by atoms with Gasteiger partial charge in [-0.05, 0) is 30.5 Å². The van der Waals surface area contributed by atoms with Crippen molar-refractivity contribution < 1.29 is 14.3 Å². The van der Waals surface area contributed by atoms with Gasteiger partial charge in [-0.1, -0.05) is 12.1 Å². The number of piperidine rings is 1. The van der Waals surface area contributed by atoms with Crippen LogP contribution in [0.4, 0.5) is 5.13 Å². The third-order valence-electron chi connectivity index (χ3n) is 4.70. The standard InChI is InChI=1S/C19H26N4O3S/c1-25-11-8-20-18(24)15-6-9-23(10-7-15)19-21-17(22-27-19)13-14-4-3-5-16(12-14)26-2/h3-5,12,15H,6-11,13H2,1-2H3,(H,20,24). The van der Waals surface area contributed by atoms with Crippen LogP contribution in [-0.4, -0.2) is 55.7 Å². The first-order valence-corrected chi connectivity index (χ1v) is 9.94. The van der Waals surface area contributed by atoms with E-state index < -0.39 is 0 Å². The van der Waals surface area contributed by atoms with Crippen LogP contribution >= 0.6 is 11.5 Å². The summed E-state index contributed by atoms with van der Waals surface area (Å²) in [5.41, 5.74) is 1.13. The SMILES string of the molecule is COCCNC(=O)C1CCN(c2nc(Cc3cccc(OC)c3)ns2)CC1. The molecule has 2 aromatic rings. The molecule has 0 aliphatic carbocycles. The van der Waals surface area contributed by atoms with Gasteiger partial charge in [0.1, 0.15) is 11.6 Å². The highest BCUT2D eigenvalue weighted by atomic mass is 32.1. The van der Waals surface area contributed by atoms with Crippen LogP contribution in [0.3, 0.4) is 0 Å². The number of nitrogens with zero attached hydrogens (tertiary/aromatic N) is 3. The van der Waals surface area contributed by atoms with Crippen molar-refractivity contribution in [2.24, 2.45) is 5.92 Å². The third kappa shape index (κ3) is 5.40. The molecular formula is C19H26N4O3S. The van der Waals surface area contributed by atoms with Gasteiger partial charge in [0.25, 0.3) is 0 Å². The molecule has 146 valence electrons. The van der Waals surface area contributed by atoms with Crippen LogP contribution in [0.15, 0.2) is 24.3 Å². The fourth-order valence-corrected chi connectivity index (χ4v) is 3.90. The van der Waals surface area contributed by atoms with E-state index in [4.69, 9.17) is 14.5 Å². The Kier molecular flexibility index (Phi) is 7.00. The summed E-state index contributed by atoms with van der Waals surface area (Å²) in [5.74, 6) is 1.86. The predicted molar refractivity (Wildman–Crippen MR) is 106 cm³/mol. The molecule has 1 N–H and O–H groups in total. The summed E-state index contributed by atoms with van der Waals surface area (Å²) >= 11 is 1.43. The third-order valence-corrected chi connectivity index (χ3v) is 5.51. The molecule has 1 aromatic carbocycles. The number of carbonyl (C=O) groups excluding carboxylic acids is 1. The van der Waals surface area contributed by atoms with E-state index in [9.17, 15) is 4.79 Å². The molecular weight excluding hydrogens is 364 g/mol. The molecule has 27 heavy (non-hydrogen) atoms. The highest BCUT2D eigenvalue weighted by Gasteiger charge is 2.26. The molecule has 7 nitrogen and oxygen atoms in total. The van der Waals surface area contributed by atoms with E-state index in [1.54, 1.807) is 14.2 Å². The number of hydrogen-bond acceptors (Lipinski definition) is 7. The van der Waals surface area contributed by atoms with Crippen LogP contribution in [0, 0.1) is 5.92 Å². The van der Waals surface area contributed by atoms with Crippen LogP contribution in [-0.2, 0) is 16.0 Å². The molecule has 0 bridgehead atoms. The number of ether oxygens (including phenoxy) is 2. The Morgan fingerprint density at radius 2 is 2.15 bits per heavy atom. The fraction of sp³-hybridized carbons (Fsp3) is 0.526. The monoisotopic (exact) mass is 390 g/mol. The van der Waals surface area contributed by atoms with Crippen molar-refractivity contribution in [3.05, 3.63) is 35.7 Å². The zero-order valence-corrected chi connectivity index (χ0v) is 16.6. The number of carbonyl (C=O) groups is 1. The summed E-state index contributed by atoms with van der Waals surface area (Å²) in [4.78, 5) is 19.1. The minimum absolute atomic E-state index is 0.0716. The molecule has 1 aliphatic rings. The number of benzene rings is 1. The second kappa shape index (κ2) is 9.66. The molecule has 0 radical (unpaired) electrons. The molecule has 1 saturated heterocycles. The maximum Gasteiger partial charge on any atom is 0.223 e. The first-order valence-electron chi connectivity index (χ1n) is 9.16. The van der Waals surface area contributed by atoms with Gasteiger partial charge in [0.15, 0.2) is 0 Å². The first-order chi connectivity index (χ1) is 13.2. The Morgan fingerprint density at radius 3 is 2.89 bits per heavy atom. The van der Waals surface area contributed by atoms with Gasteiger partial charge in [0, 0.05) is 50.6 Å². The zero-order valence-electron chi connectivity index (χ0n) is 15.8. The highest BCUT2D eigenvalue weighted by Crippen LogP contribution is 2.26. The van der Waals surface area contributed by atoms with Crippen LogP contribution in [0.25, 0.3) is 0 Å². The number of amides is 1. The Labute approximate surface area is 163 Å². The van der Waals surface area contributed by atoms with Gasteiger partial charge in [-0.2, -0.15) is 4.37 Å². The number of nitrogens with one attached hydrogen (secondary N) is 1. The van der Waals surface area contributed by atoms with Crippen molar-refractivity contribution in [1.29, 1.82) is 0 Å². The van der Waals surface area contributed by atoms with Gasteiger partial charge in [-0.15, -0.1) is 0 Å². The van der Waals surface area contributed by atoms with Crippen LogP contribution in [0.2, 0.25) is 0 Å². The average molecular weight is 391 g/mol. The van der Waals surface area contributed by atoms with Gasteiger partial charge < -0.3 is 19.7 Å². The smallest absolute Gasteiger partial charge is 0.223 e. The predicted octanol–water partition coefficient (Wildman–Crippen LogP) is 2.12. The molecule has 2 heterocycles. The normalized spacial score (nSPS) is 15.0. The van der Waals surface area contributed by atoms with Crippen molar-refractivity contribution in [2.75, 3.05) is 45.4 Å². The summed E-state index contributed by atoms with van der Waals surface area (Å²) in [6, 6.07) is 7.97. The number of hydrogen-bond donors (Lipinski definition) is 1. The summed E-state index contributed by atoms with van der Waals surface area (Å²) in [6.07, 6.45) is 2.36. The lowest BCUT2D eigenvalue weighted by atomic mass is 9.96. The van der Waals surface area contributed by atoms with Crippen LogP contribution in [0.1, 0.15) is 24.2 Å². The first kappa shape index (κ1) is 19.6. The molecule has 0 spiro atoms. The molecule has 1 aromatic heterocycles. The van der Waals surface area contributed by atoms with Crippen molar-refractivity contribution in [3.63, 3.8) is 0 Å². The van der Waals surface area contributed by atoms with E-state index in [2.05, 4.69) is 20.7 Å². The van der Waals surface area contributed by atoms with E-state index >= 15 is 0 Å². The lowest BCUT2D eigenvalue weighted by molar-refractivity contribution is -0.125. The number of rotatable bonds is 8. The quantitative estimate of drug-likeness (QED) is 0.696. The van der Waals surface area contributed by atoms with Gasteiger partial charge in [-0.3, -0.25) is 4.79 Å². The van der Waals surface area contributed by atoms with E-state index in [-0.39, 0.29) is 11.8 Å². The van der Waals surface area contributed by atoms with E-state index in [1.807, 2.05) is 18.2 Å². The maximum absolute atomic E-state index is 12.2. The lowest BCUT2D eigenvalue weighted by Gasteiger charge is -2.30. The Hall–Kier alpha value is -2.19. The summed E-state index contributed by atoms with van der Waals surface area (Å²) in [7, 11) is 3.30. The summed E-state index contributed by atoms with van der Waals surface area (Å²) in [5, 5.41) is 3.87.